The first kappa shape index (κ1) is 44.3. The summed E-state index contributed by atoms with van der Waals surface area (Å²) in [7, 11) is -4.17. The Labute approximate surface area is 344 Å². The number of nitrogens with two attached hydrogens (primary N) is 1. The summed E-state index contributed by atoms with van der Waals surface area (Å²) in [6.45, 7) is 13.0. The van der Waals surface area contributed by atoms with Gasteiger partial charge in [-0.15, -0.1) is 0 Å². The van der Waals surface area contributed by atoms with Gasteiger partial charge in [0.2, 0.25) is 5.96 Å². The van der Waals surface area contributed by atoms with Gasteiger partial charge in [-0.3, -0.25) is 4.99 Å². The zero-order chi connectivity index (χ0) is 43.4. The van der Waals surface area contributed by atoms with Crippen LogP contribution in [0.4, 0.5) is 9.59 Å². The minimum atomic E-state index is -4.17. The van der Waals surface area contributed by atoms with Gasteiger partial charge in [0.05, 0.1) is 4.90 Å². The van der Waals surface area contributed by atoms with Crippen LogP contribution in [0, 0.1) is 20.8 Å². The first-order valence-electron chi connectivity index (χ1n) is 19.2. The summed E-state index contributed by atoms with van der Waals surface area (Å²) >= 11 is 0. The number of sulfonamides is 1. The van der Waals surface area contributed by atoms with Gasteiger partial charge in [-0.1, -0.05) is 48.5 Å². The molecule has 16 nitrogen and oxygen atoms in total. The number of benzene rings is 3. The molecule has 59 heavy (non-hydrogen) atoms. The Balaban J connectivity index is 1.26. The van der Waals surface area contributed by atoms with E-state index >= 15 is 0 Å². The second-order valence-electron chi connectivity index (χ2n) is 16.3. The smallest absolute Gasteiger partial charge is 0.408 e. The maximum atomic E-state index is 13.6. The van der Waals surface area contributed by atoms with Crippen LogP contribution in [0.1, 0.15) is 86.8 Å². The highest BCUT2D eigenvalue weighted by Gasteiger charge is 2.37. The van der Waals surface area contributed by atoms with Gasteiger partial charge in [-0.2, -0.15) is 0 Å². The number of amides is 2. The van der Waals surface area contributed by atoms with Gasteiger partial charge in [0.1, 0.15) is 36.2 Å². The number of ether oxygens (including phenoxy) is 4. The van der Waals surface area contributed by atoms with Crippen LogP contribution in [0.3, 0.4) is 0 Å². The van der Waals surface area contributed by atoms with Crippen LogP contribution in [0.5, 0.6) is 5.75 Å². The molecule has 0 fully saturated rings. The number of guanidine groups is 1. The van der Waals surface area contributed by atoms with Crippen molar-refractivity contribution in [2.75, 3.05) is 19.8 Å². The van der Waals surface area contributed by atoms with Crippen molar-refractivity contribution in [1.82, 2.24) is 15.4 Å². The molecule has 1 heterocycles. The molecule has 0 unspecified atom stereocenters. The summed E-state index contributed by atoms with van der Waals surface area (Å²) in [6.07, 6.45) is -1.44. The molecule has 17 heteroatoms. The molecule has 2 aliphatic rings. The number of hydrogen-bond acceptors (Lipinski definition) is 11. The third-order valence-electron chi connectivity index (χ3n) is 10.0. The molecule has 0 saturated heterocycles. The number of carboxylic acids is 1. The topological polar surface area (TPSA) is 234 Å². The van der Waals surface area contributed by atoms with Gasteiger partial charge in [0.25, 0.3) is 10.0 Å². The van der Waals surface area contributed by atoms with E-state index in [1.54, 1.807) is 34.6 Å². The number of aliphatic imine (C=N–C) groups is 1. The highest BCUT2D eigenvalue weighted by Crippen LogP contribution is 2.45. The molecule has 0 saturated carbocycles. The van der Waals surface area contributed by atoms with E-state index in [9.17, 15) is 32.7 Å². The molecule has 2 atom stereocenters. The van der Waals surface area contributed by atoms with Crippen molar-refractivity contribution < 1.29 is 51.6 Å². The molecule has 318 valence electrons. The SMILES string of the molecule is Cc1c(C)c(S(=O)(=O)NC(N)=NCCC[C@H](NC(=O)OCC2c3ccccc3-c3ccccc32)C(=O)OC[C@H](NC(=O)OC(C)(C)C)C(=O)O)c(C)c2c1OC(C)(C)C2. The molecule has 0 aromatic heterocycles. The number of rotatable bonds is 14. The normalized spacial score (nSPS) is 15.4. The first-order valence-corrected chi connectivity index (χ1v) is 20.7. The van der Waals surface area contributed by atoms with E-state index in [-0.39, 0.29) is 42.8 Å². The highest BCUT2D eigenvalue weighted by atomic mass is 32.2. The van der Waals surface area contributed by atoms with Gasteiger partial charge in [0, 0.05) is 24.4 Å². The number of carbonyl (C=O) groups is 4. The average Bonchev–Trinajstić information content (AvgIpc) is 3.65. The Kier molecular flexibility index (Phi) is 13.2. The lowest BCUT2D eigenvalue weighted by Gasteiger charge is -2.23. The Morgan fingerprint density at radius 3 is 2.10 bits per heavy atom. The quantitative estimate of drug-likeness (QED) is 0.0468. The predicted molar refractivity (Wildman–Crippen MR) is 219 cm³/mol. The molecule has 5 rings (SSSR count). The minimum absolute atomic E-state index is 0.0447. The van der Waals surface area contributed by atoms with Crippen molar-refractivity contribution in [2.24, 2.45) is 10.7 Å². The molecule has 1 aliphatic heterocycles. The van der Waals surface area contributed by atoms with Crippen LogP contribution >= 0.6 is 0 Å². The lowest BCUT2D eigenvalue weighted by molar-refractivity contribution is -0.150. The third-order valence-corrected chi connectivity index (χ3v) is 11.7. The maximum Gasteiger partial charge on any atom is 0.408 e. The fourth-order valence-electron chi connectivity index (χ4n) is 7.29. The van der Waals surface area contributed by atoms with E-state index < -0.39 is 64.0 Å². The molecule has 0 bridgehead atoms. The Hall–Kier alpha value is -5.84. The van der Waals surface area contributed by atoms with Gasteiger partial charge in [-0.05, 0) is 107 Å². The van der Waals surface area contributed by atoms with E-state index in [0.29, 0.717) is 28.9 Å². The molecule has 6 N–H and O–H groups in total. The minimum Gasteiger partial charge on any atom is -0.487 e. The van der Waals surface area contributed by atoms with Gasteiger partial charge < -0.3 is 40.4 Å². The van der Waals surface area contributed by atoms with Gasteiger partial charge in [-0.25, -0.2) is 32.3 Å². The maximum absolute atomic E-state index is 13.6. The van der Waals surface area contributed by atoms with Crippen molar-refractivity contribution in [1.29, 1.82) is 0 Å². The van der Waals surface area contributed by atoms with Crippen LogP contribution in [-0.4, -0.2) is 86.7 Å². The molecule has 0 radical (unpaired) electrons. The molecule has 2 amide bonds. The lowest BCUT2D eigenvalue weighted by Crippen LogP contribution is -2.48. The van der Waals surface area contributed by atoms with E-state index in [4.69, 9.17) is 24.7 Å². The van der Waals surface area contributed by atoms with Gasteiger partial charge in [0.15, 0.2) is 6.04 Å². The number of hydrogen-bond donors (Lipinski definition) is 5. The van der Waals surface area contributed by atoms with E-state index in [2.05, 4.69) is 20.3 Å². The lowest BCUT2D eigenvalue weighted by atomic mass is 9.94. The molecular formula is C42H53N5O11S. The number of carboxylic acid groups (broad SMARTS) is 1. The Bertz CT molecular complexity index is 2220. The molecule has 3 aromatic rings. The third kappa shape index (κ3) is 10.6. The largest absolute Gasteiger partial charge is 0.487 e. The van der Waals surface area contributed by atoms with Crippen molar-refractivity contribution in [3.05, 3.63) is 81.9 Å². The van der Waals surface area contributed by atoms with Crippen molar-refractivity contribution in [3.8, 4) is 16.9 Å². The second kappa shape index (κ2) is 17.6. The predicted octanol–water partition coefficient (Wildman–Crippen LogP) is 5.13. The number of fused-ring (bicyclic) bond motifs is 4. The van der Waals surface area contributed by atoms with Crippen molar-refractivity contribution in [3.63, 3.8) is 0 Å². The summed E-state index contributed by atoms with van der Waals surface area (Å²) in [4.78, 5) is 55.1. The van der Waals surface area contributed by atoms with E-state index in [1.807, 2.05) is 69.3 Å². The summed E-state index contributed by atoms with van der Waals surface area (Å²) < 4.78 is 51.8. The number of nitrogens with zero attached hydrogens (tertiary/aromatic N) is 1. The zero-order valence-electron chi connectivity index (χ0n) is 34.6. The number of carbonyl (C=O) groups excluding carboxylic acids is 3. The standard InChI is InChI=1S/C42H53N5O11S/c1-23-24(2)35(25(3)30-20-42(7,8)57-34(23)30)59(53,54)47-38(43)44-19-13-18-32(37(50)55-22-33(36(48)49)46-40(52)58-41(4,5)6)45-39(51)56-21-31-28-16-11-9-14-26(28)27-15-10-12-17-29(27)31/h9-12,14-17,31-33H,13,18-22H2,1-8H3,(H,45,51)(H,46,52)(H,48,49)(H3,43,44,47)/t32-,33-/m0/s1. The summed E-state index contributed by atoms with van der Waals surface area (Å²) in [5.74, 6) is -2.47. The number of esters is 1. The van der Waals surface area contributed by atoms with Crippen LogP contribution < -0.4 is 25.8 Å². The second-order valence-corrected chi connectivity index (χ2v) is 17.9. The fraction of sp³-hybridized carbons (Fsp3) is 0.452. The Morgan fingerprint density at radius 2 is 1.51 bits per heavy atom. The molecule has 0 spiro atoms. The van der Waals surface area contributed by atoms with Crippen LogP contribution in [-0.2, 0) is 40.2 Å². The summed E-state index contributed by atoms with van der Waals surface area (Å²) in [6, 6.07) is 12.5. The molecular weight excluding hydrogens is 783 g/mol. The number of nitrogens with one attached hydrogen (secondary N) is 3. The number of aliphatic carboxylic acids is 1. The fourth-order valence-corrected chi connectivity index (χ4v) is 8.81. The monoisotopic (exact) mass is 835 g/mol. The zero-order valence-corrected chi connectivity index (χ0v) is 35.4. The van der Waals surface area contributed by atoms with Crippen LogP contribution in [0.25, 0.3) is 11.1 Å². The average molecular weight is 836 g/mol. The highest BCUT2D eigenvalue weighted by molar-refractivity contribution is 7.90. The van der Waals surface area contributed by atoms with E-state index in [0.717, 1.165) is 27.8 Å². The molecule has 3 aromatic carbocycles. The summed E-state index contributed by atoms with van der Waals surface area (Å²) in [5.41, 5.74) is 11.3. The van der Waals surface area contributed by atoms with Crippen molar-refractivity contribution >= 4 is 40.1 Å². The Morgan fingerprint density at radius 1 is 0.915 bits per heavy atom. The number of alkyl carbamates (subject to hydrolysis) is 2. The van der Waals surface area contributed by atoms with Crippen LogP contribution in [0.15, 0.2) is 58.4 Å². The van der Waals surface area contributed by atoms with E-state index in [1.165, 1.54) is 0 Å². The van der Waals surface area contributed by atoms with Crippen molar-refractivity contribution in [2.45, 2.75) is 109 Å². The van der Waals surface area contributed by atoms with Gasteiger partial charge >= 0.3 is 24.1 Å². The summed E-state index contributed by atoms with van der Waals surface area (Å²) in [5, 5.41) is 14.3. The first-order chi connectivity index (χ1) is 27.6. The molecule has 1 aliphatic carbocycles. The van der Waals surface area contributed by atoms with Crippen LogP contribution in [0.2, 0.25) is 0 Å².